The van der Waals surface area contributed by atoms with E-state index in [-0.39, 0.29) is 24.4 Å². The number of esters is 3. The van der Waals surface area contributed by atoms with Crippen molar-refractivity contribution in [3.8, 4) is 22.6 Å². The van der Waals surface area contributed by atoms with Crippen LogP contribution in [-0.4, -0.2) is 24.5 Å². The minimum atomic E-state index is -0.730. The van der Waals surface area contributed by atoms with Crippen LogP contribution in [0, 0.1) is 5.82 Å². The van der Waals surface area contributed by atoms with Gasteiger partial charge in [-0.25, -0.2) is 9.18 Å². The molecule has 0 unspecified atom stereocenters. The monoisotopic (exact) mass is 386 g/mol. The number of carbonyl (C=O) groups excluding carboxylic acids is 3. The second-order valence-corrected chi connectivity index (χ2v) is 5.90. The summed E-state index contributed by atoms with van der Waals surface area (Å²) in [6.45, 7) is 6.03. The van der Waals surface area contributed by atoms with Crippen LogP contribution in [-0.2, 0) is 19.1 Å². The Morgan fingerprint density at radius 3 is 2.18 bits per heavy atom. The molecule has 2 rings (SSSR count). The maximum Gasteiger partial charge on any atom is 0.333 e. The number of hydrogen-bond acceptors (Lipinski definition) is 6. The molecule has 0 aliphatic carbocycles. The van der Waals surface area contributed by atoms with E-state index in [0.717, 1.165) is 0 Å². The lowest BCUT2D eigenvalue weighted by atomic mass is 10.1. The van der Waals surface area contributed by atoms with Gasteiger partial charge in [-0.15, -0.1) is 0 Å². The van der Waals surface area contributed by atoms with Gasteiger partial charge in [0, 0.05) is 12.5 Å². The molecule has 0 fully saturated rings. The van der Waals surface area contributed by atoms with Crippen molar-refractivity contribution in [1.29, 1.82) is 0 Å². The van der Waals surface area contributed by atoms with Gasteiger partial charge in [0.05, 0.1) is 6.42 Å². The summed E-state index contributed by atoms with van der Waals surface area (Å²) in [6, 6.07) is 10.7. The van der Waals surface area contributed by atoms with Crippen molar-refractivity contribution >= 4 is 17.9 Å². The van der Waals surface area contributed by atoms with Crippen LogP contribution < -0.4 is 9.47 Å². The van der Waals surface area contributed by atoms with Crippen LogP contribution in [0.15, 0.2) is 54.6 Å². The quantitative estimate of drug-likeness (QED) is 0.409. The Labute approximate surface area is 161 Å². The van der Waals surface area contributed by atoms with Gasteiger partial charge >= 0.3 is 17.9 Å². The van der Waals surface area contributed by atoms with Gasteiger partial charge in [0.25, 0.3) is 0 Å². The van der Waals surface area contributed by atoms with E-state index in [4.69, 9.17) is 14.2 Å². The van der Waals surface area contributed by atoms with Crippen molar-refractivity contribution < 1.29 is 33.0 Å². The van der Waals surface area contributed by atoms with Crippen LogP contribution in [0.2, 0.25) is 0 Å². The Morgan fingerprint density at radius 1 is 0.964 bits per heavy atom. The molecular formula is C21H19FO6. The number of rotatable bonds is 7. The van der Waals surface area contributed by atoms with Crippen LogP contribution in [0.25, 0.3) is 11.1 Å². The normalized spacial score (nSPS) is 10.1. The van der Waals surface area contributed by atoms with E-state index in [1.165, 1.54) is 26.0 Å². The molecule has 0 saturated carbocycles. The van der Waals surface area contributed by atoms with E-state index >= 15 is 0 Å². The summed E-state index contributed by atoms with van der Waals surface area (Å²) in [5, 5.41) is 0. The van der Waals surface area contributed by atoms with Crippen LogP contribution >= 0.6 is 0 Å². The molecule has 6 nitrogen and oxygen atoms in total. The molecule has 7 heteroatoms. The fourth-order valence-corrected chi connectivity index (χ4v) is 2.17. The Morgan fingerprint density at radius 2 is 1.61 bits per heavy atom. The first-order valence-corrected chi connectivity index (χ1v) is 8.38. The zero-order chi connectivity index (χ0) is 20.7. The molecule has 0 saturated heterocycles. The van der Waals surface area contributed by atoms with Crippen LogP contribution in [0.3, 0.4) is 0 Å². The highest BCUT2D eigenvalue weighted by Gasteiger charge is 2.12. The highest BCUT2D eigenvalue weighted by Crippen LogP contribution is 2.27. The zero-order valence-corrected chi connectivity index (χ0v) is 15.5. The van der Waals surface area contributed by atoms with Crippen molar-refractivity contribution in [3.05, 3.63) is 60.4 Å². The van der Waals surface area contributed by atoms with E-state index in [1.54, 1.807) is 30.3 Å². The predicted octanol–water partition coefficient (Wildman–Crippen LogP) is 3.83. The summed E-state index contributed by atoms with van der Waals surface area (Å²) in [5.41, 5.74) is 1.47. The lowest BCUT2D eigenvalue weighted by Gasteiger charge is -2.09. The molecule has 0 heterocycles. The lowest BCUT2D eigenvalue weighted by Crippen LogP contribution is -2.14. The molecule has 0 aliphatic rings. The number of benzene rings is 2. The van der Waals surface area contributed by atoms with Gasteiger partial charge in [0.1, 0.15) is 12.4 Å². The first-order chi connectivity index (χ1) is 13.3. The number of halogens is 1. The highest BCUT2D eigenvalue weighted by molar-refractivity contribution is 5.87. The largest absolute Gasteiger partial charge is 0.462 e. The number of carbonyl (C=O) groups is 3. The fraction of sp³-hybridized carbons (Fsp3) is 0.190. The maximum atomic E-state index is 14.3. The molecule has 0 radical (unpaired) electrons. The molecule has 0 spiro atoms. The summed E-state index contributed by atoms with van der Waals surface area (Å²) >= 11 is 0. The molecule has 2 aromatic carbocycles. The second-order valence-electron chi connectivity index (χ2n) is 5.90. The Hall–Kier alpha value is -3.48. The predicted molar refractivity (Wildman–Crippen MR) is 99.2 cm³/mol. The van der Waals surface area contributed by atoms with E-state index in [0.29, 0.717) is 16.9 Å². The molecule has 0 atom stereocenters. The van der Waals surface area contributed by atoms with Gasteiger partial charge in [-0.1, -0.05) is 24.8 Å². The van der Waals surface area contributed by atoms with E-state index < -0.39 is 23.7 Å². The van der Waals surface area contributed by atoms with Crippen LogP contribution in [0.1, 0.15) is 20.3 Å². The van der Waals surface area contributed by atoms with Crippen molar-refractivity contribution in [2.75, 3.05) is 6.61 Å². The Kier molecular flexibility index (Phi) is 7.03. The lowest BCUT2D eigenvalue weighted by molar-refractivity contribution is -0.142. The molecule has 28 heavy (non-hydrogen) atoms. The van der Waals surface area contributed by atoms with E-state index in [1.807, 2.05) is 0 Å². The van der Waals surface area contributed by atoms with Gasteiger partial charge < -0.3 is 14.2 Å². The van der Waals surface area contributed by atoms with Crippen molar-refractivity contribution in [1.82, 2.24) is 0 Å². The fourth-order valence-electron chi connectivity index (χ4n) is 2.17. The third kappa shape index (κ3) is 6.05. The molecule has 0 aromatic heterocycles. The third-order valence-corrected chi connectivity index (χ3v) is 3.49. The SMILES string of the molecule is C=C(C)C(=O)OCCC(=O)Oc1ccc(-c2ccc(OC(C)=O)cc2)cc1F. The molecule has 2 aromatic rings. The smallest absolute Gasteiger partial charge is 0.333 e. The number of hydrogen-bond donors (Lipinski definition) is 0. The Bertz CT molecular complexity index is 902. The molecule has 0 N–H and O–H groups in total. The average Bonchev–Trinajstić information content (AvgIpc) is 2.63. The van der Waals surface area contributed by atoms with Crippen LogP contribution in [0.5, 0.6) is 11.5 Å². The van der Waals surface area contributed by atoms with E-state index in [2.05, 4.69) is 6.58 Å². The van der Waals surface area contributed by atoms with Gasteiger partial charge in [-0.2, -0.15) is 0 Å². The topological polar surface area (TPSA) is 78.9 Å². The van der Waals surface area contributed by atoms with Crippen molar-refractivity contribution in [2.45, 2.75) is 20.3 Å². The molecule has 0 bridgehead atoms. The third-order valence-electron chi connectivity index (χ3n) is 3.49. The summed E-state index contributed by atoms with van der Waals surface area (Å²) in [6.07, 6.45) is -0.210. The van der Waals surface area contributed by atoms with Gasteiger partial charge in [0.2, 0.25) is 0 Å². The zero-order valence-electron chi connectivity index (χ0n) is 15.5. The maximum absolute atomic E-state index is 14.3. The average molecular weight is 386 g/mol. The number of ether oxygens (including phenoxy) is 3. The first kappa shape index (κ1) is 20.8. The summed E-state index contributed by atoms with van der Waals surface area (Å²) in [4.78, 5) is 33.9. The Balaban J connectivity index is 1.98. The minimum Gasteiger partial charge on any atom is -0.462 e. The van der Waals surface area contributed by atoms with E-state index in [9.17, 15) is 18.8 Å². The molecule has 0 aliphatic heterocycles. The summed E-state index contributed by atoms with van der Waals surface area (Å²) < 4.78 is 28.9. The van der Waals surface area contributed by atoms with Crippen LogP contribution in [0.4, 0.5) is 4.39 Å². The highest BCUT2D eigenvalue weighted by atomic mass is 19.1. The van der Waals surface area contributed by atoms with Crippen molar-refractivity contribution in [2.24, 2.45) is 0 Å². The molecule has 0 amide bonds. The second kappa shape index (κ2) is 9.45. The standard InChI is InChI=1S/C21H19FO6/c1-13(2)21(25)26-11-10-20(24)28-19-9-6-16(12-18(19)22)15-4-7-17(8-5-15)27-14(3)23/h4-9,12H,1,10-11H2,2-3H3. The molecular weight excluding hydrogens is 367 g/mol. The van der Waals surface area contributed by atoms with Gasteiger partial charge in [0.15, 0.2) is 11.6 Å². The first-order valence-electron chi connectivity index (χ1n) is 8.38. The summed E-state index contributed by atoms with van der Waals surface area (Å²) in [7, 11) is 0. The van der Waals surface area contributed by atoms with Gasteiger partial charge in [-0.3, -0.25) is 9.59 Å². The minimum absolute atomic E-state index is 0.182. The molecule has 146 valence electrons. The summed E-state index contributed by atoms with van der Waals surface area (Å²) in [5.74, 6) is -2.32. The van der Waals surface area contributed by atoms with Gasteiger partial charge in [-0.05, 0) is 42.3 Å². The van der Waals surface area contributed by atoms with Crippen molar-refractivity contribution in [3.63, 3.8) is 0 Å².